The van der Waals surface area contributed by atoms with Crippen molar-refractivity contribution in [1.82, 2.24) is 20.0 Å². The Morgan fingerprint density at radius 1 is 1.19 bits per heavy atom. The molecule has 4 nitrogen and oxygen atoms in total. The Morgan fingerprint density at radius 3 is 2.62 bits per heavy atom. The molecule has 1 fully saturated rings. The van der Waals surface area contributed by atoms with Gasteiger partial charge in [0, 0.05) is 18.8 Å². The largest absolute Gasteiger partial charge is 0.317 e. The molecule has 2 aromatic rings. The predicted octanol–water partition coefficient (Wildman–Crippen LogP) is 2.48. The van der Waals surface area contributed by atoms with Crippen molar-refractivity contribution in [3.63, 3.8) is 0 Å². The van der Waals surface area contributed by atoms with Crippen LogP contribution in [-0.2, 0) is 6.54 Å². The van der Waals surface area contributed by atoms with Crippen molar-refractivity contribution in [2.24, 2.45) is 0 Å². The maximum atomic E-state index is 4.46. The number of benzene rings is 1. The van der Waals surface area contributed by atoms with E-state index in [4.69, 9.17) is 0 Å². The van der Waals surface area contributed by atoms with Crippen molar-refractivity contribution < 1.29 is 0 Å². The van der Waals surface area contributed by atoms with Gasteiger partial charge in [0.2, 0.25) is 0 Å². The van der Waals surface area contributed by atoms with E-state index in [0.29, 0.717) is 6.04 Å². The van der Waals surface area contributed by atoms with E-state index in [1.54, 1.807) is 0 Å². The highest BCUT2D eigenvalue weighted by molar-refractivity contribution is 5.85. The number of hydrogen-bond acceptors (Lipinski definition) is 3. The molecule has 1 aliphatic rings. The summed E-state index contributed by atoms with van der Waals surface area (Å²) in [6.07, 6.45) is 4.35. The van der Waals surface area contributed by atoms with E-state index in [-0.39, 0.29) is 12.4 Å². The molecule has 1 aliphatic heterocycles. The third-order valence-electron chi connectivity index (χ3n) is 4.07. The normalized spacial score (nSPS) is 15.9. The summed E-state index contributed by atoms with van der Waals surface area (Å²) in [5.41, 5.74) is 2.38. The number of nitrogens with one attached hydrogen (secondary N) is 1. The van der Waals surface area contributed by atoms with Crippen LogP contribution in [0.4, 0.5) is 0 Å². The smallest absolute Gasteiger partial charge is 0.0649 e. The van der Waals surface area contributed by atoms with E-state index in [1.165, 1.54) is 18.5 Å². The number of rotatable bonds is 4. The summed E-state index contributed by atoms with van der Waals surface area (Å²) >= 11 is 0. The fourth-order valence-electron chi connectivity index (χ4n) is 2.88. The molecule has 5 heteroatoms. The molecule has 21 heavy (non-hydrogen) atoms. The van der Waals surface area contributed by atoms with Crippen LogP contribution in [0.5, 0.6) is 0 Å². The van der Waals surface area contributed by atoms with Gasteiger partial charge in [-0.05, 0) is 51.2 Å². The molecule has 1 aromatic carbocycles. The van der Waals surface area contributed by atoms with E-state index in [2.05, 4.69) is 52.7 Å². The second-order valence-corrected chi connectivity index (χ2v) is 5.47. The van der Waals surface area contributed by atoms with Crippen LogP contribution in [0.1, 0.15) is 18.5 Å². The number of hydrogen-bond donors (Lipinski definition) is 1. The molecule has 0 bridgehead atoms. The third-order valence-corrected chi connectivity index (χ3v) is 4.07. The van der Waals surface area contributed by atoms with Crippen LogP contribution in [0, 0.1) is 0 Å². The number of para-hydroxylation sites is 1. The van der Waals surface area contributed by atoms with Crippen LogP contribution < -0.4 is 5.32 Å². The molecule has 3 rings (SSSR count). The van der Waals surface area contributed by atoms with Crippen molar-refractivity contribution in [3.8, 4) is 5.69 Å². The number of aromatic nitrogens is 2. The maximum absolute atomic E-state index is 4.46. The molecule has 0 atom stereocenters. The van der Waals surface area contributed by atoms with Gasteiger partial charge in [0.05, 0.1) is 11.4 Å². The Balaban J connectivity index is 0.00000161. The molecule has 0 amide bonds. The molecular formula is C16H23ClN4. The average molecular weight is 307 g/mol. The molecule has 0 aliphatic carbocycles. The van der Waals surface area contributed by atoms with Gasteiger partial charge >= 0.3 is 0 Å². The molecule has 114 valence electrons. The minimum absolute atomic E-state index is 0. The fourth-order valence-corrected chi connectivity index (χ4v) is 2.88. The second-order valence-electron chi connectivity index (χ2n) is 5.47. The summed E-state index contributed by atoms with van der Waals surface area (Å²) in [6.45, 7) is 3.21. The van der Waals surface area contributed by atoms with Crippen molar-refractivity contribution in [3.05, 3.63) is 48.3 Å². The average Bonchev–Trinajstić information content (AvgIpc) is 2.97. The molecule has 0 saturated carbocycles. The van der Waals surface area contributed by atoms with Crippen LogP contribution in [0.15, 0.2) is 42.6 Å². The van der Waals surface area contributed by atoms with Crippen LogP contribution in [0.2, 0.25) is 0 Å². The third kappa shape index (κ3) is 3.84. The summed E-state index contributed by atoms with van der Waals surface area (Å²) in [5.74, 6) is 0. The van der Waals surface area contributed by atoms with Gasteiger partial charge in [0.25, 0.3) is 0 Å². The monoisotopic (exact) mass is 306 g/mol. The lowest BCUT2D eigenvalue weighted by atomic mass is 10.1. The quantitative estimate of drug-likeness (QED) is 0.942. The molecule has 2 heterocycles. The topological polar surface area (TPSA) is 33.1 Å². The molecule has 1 saturated heterocycles. The van der Waals surface area contributed by atoms with Crippen molar-refractivity contribution in [1.29, 1.82) is 0 Å². The van der Waals surface area contributed by atoms with Crippen LogP contribution in [0.3, 0.4) is 0 Å². The van der Waals surface area contributed by atoms with E-state index in [0.717, 1.165) is 25.3 Å². The summed E-state index contributed by atoms with van der Waals surface area (Å²) in [4.78, 5) is 2.46. The van der Waals surface area contributed by atoms with Gasteiger partial charge in [-0.3, -0.25) is 4.90 Å². The lowest BCUT2D eigenvalue weighted by Gasteiger charge is -2.31. The highest BCUT2D eigenvalue weighted by Crippen LogP contribution is 2.16. The zero-order chi connectivity index (χ0) is 13.8. The van der Waals surface area contributed by atoms with E-state index < -0.39 is 0 Å². The number of nitrogens with zero attached hydrogens (tertiary/aromatic N) is 3. The first kappa shape index (κ1) is 16.0. The highest BCUT2D eigenvalue weighted by atomic mass is 35.5. The molecule has 0 radical (unpaired) electrons. The first-order valence-electron chi connectivity index (χ1n) is 7.34. The molecule has 0 spiro atoms. The van der Waals surface area contributed by atoms with Gasteiger partial charge in [-0.2, -0.15) is 5.10 Å². The van der Waals surface area contributed by atoms with Crippen molar-refractivity contribution in [2.45, 2.75) is 25.4 Å². The van der Waals surface area contributed by atoms with E-state index in [1.807, 2.05) is 16.9 Å². The summed E-state index contributed by atoms with van der Waals surface area (Å²) < 4.78 is 2.04. The molecule has 0 unspecified atom stereocenters. The Morgan fingerprint density at radius 2 is 1.90 bits per heavy atom. The van der Waals surface area contributed by atoms with Gasteiger partial charge in [0.15, 0.2) is 0 Å². The summed E-state index contributed by atoms with van der Waals surface area (Å²) in [5, 5.41) is 7.88. The Bertz CT molecular complexity index is 534. The van der Waals surface area contributed by atoms with Crippen molar-refractivity contribution >= 4 is 12.4 Å². The SMILES string of the molecule is CN(Cc1ccnn1-c1ccccc1)C1CCNCC1.Cl. The Hall–Kier alpha value is -1.36. The molecular weight excluding hydrogens is 284 g/mol. The van der Waals surface area contributed by atoms with Gasteiger partial charge in [0.1, 0.15) is 0 Å². The predicted molar refractivity (Wildman–Crippen MR) is 88.2 cm³/mol. The second kappa shape index (κ2) is 7.59. The first-order valence-corrected chi connectivity index (χ1v) is 7.34. The van der Waals surface area contributed by atoms with Crippen LogP contribution in [0.25, 0.3) is 5.69 Å². The zero-order valence-electron chi connectivity index (χ0n) is 12.4. The van der Waals surface area contributed by atoms with Gasteiger partial charge in [-0.1, -0.05) is 18.2 Å². The Kier molecular flexibility index (Phi) is 5.79. The lowest BCUT2D eigenvalue weighted by Crippen LogP contribution is -2.41. The lowest BCUT2D eigenvalue weighted by molar-refractivity contribution is 0.188. The minimum Gasteiger partial charge on any atom is -0.317 e. The zero-order valence-corrected chi connectivity index (χ0v) is 13.2. The molecule has 1 N–H and O–H groups in total. The maximum Gasteiger partial charge on any atom is 0.0649 e. The summed E-state index contributed by atoms with van der Waals surface area (Å²) in [7, 11) is 2.22. The van der Waals surface area contributed by atoms with E-state index >= 15 is 0 Å². The highest BCUT2D eigenvalue weighted by Gasteiger charge is 2.19. The van der Waals surface area contributed by atoms with Gasteiger partial charge in [-0.15, -0.1) is 12.4 Å². The van der Waals surface area contributed by atoms with Crippen LogP contribution in [-0.4, -0.2) is 40.9 Å². The standard InChI is InChI=1S/C16H22N4.ClH/c1-19(14-7-10-17-11-8-14)13-16-9-12-18-20(16)15-5-3-2-4-6-15;/h2-6,9,12,14,17H,7-8,10-11,13H2,1H3;1H. The van der Waals surface area contributed by atoms with Crippen LogP contribution >= 0.6 is 12.4 Å². The molecule has 1 aromatic heterocycles. The number of piperidine rings is 1. The first-order chi connectivity index (χ1) is 9.84. The minimum atomic E-state index is 0. The van der Waals surface area contributed by atoms with Gasteiger partial charge < -0.3 is 5.32 Å². The summed E-state index contributed by atoms with van der Waals surface area (Å²) in [6, 6.07) is 13.1. The number of halogens is 1. The Labute approximate surface area is 132 Å². The fraction of sp³-hybridized carbons (Fsp3) is 0.438. The van der Waals surface area contributed by atoms with Gasteiger partial charge in [-0.25, -0.2) is 4.68 Å². The van der Waals surface area contributed by atoms with Crippen molar-refractivity contribution in [2.75, 3.05) is 20.1 Å². The van der Waals surface area contributed by atoms with E-state index in [9.17, 15) is 0 Å².